The third-order valence-corrected chi connectivity index (χ3v) is 2.79. The lowest BCUT2D eigenvalue weighted by atomic mass is 10.2. The molecule has 0 aromatic carbocycles. The van der Waals surface area contributed by atoms with E-state index >= 15 is 0 Å². The third kappa shape index (κ3) is 3.51. The van der Waals surface area contributed by atoms with Crippen LogP contribution in [0.1, 0.15) is 25.7 Å². The predicted octanol–water partition coefficient (Wildman–Crippen LogP) is 1.99. The molecule has 1 aliphatic carbocycles. The molecule has 3 nitrogen and oxygen atoms in total. The Morgan fingerprint density at radius 3 is 3.00 bits per heavy atom. The summed E-state index contributed by atoms with van der Waals surface area (Å²) < 4.78 is 5.54. The van der Waals surface area contributed by atoms with Crippen molar-refractivity contribution in [1.82, 2.24) is 10.3 Å². The first kappa shape index (κ1) is 10.4. The molecule has 1 aromatic heterocycles. The van der Waals surface area contributed by atoms with Crippen molar-refractivity contribution < 1.29 is 4.74 Å². The Morgan fingerprint density at radius 1 is 1.40 bits per heavy atom. The zero-order valence-corrected chi connectivity index (χ0v) is 8.98. The molecule has 1 saturated carbocycles. The topological polar surface area (TPSA) is 34.1 Å². The number of nitrogens with zero attached hydrogens (tertiary/aromatic N) is 1. The maximum Gasteiger partial charge on any atom is 0.137 e. The van der Waals surface area contributed by atoms with Crippen LogP contribution in [0.2, 0.25) is 0 Å². The molecule has 0 aliphatic heterocycles. The van der Waals surface area contributed by atoms with Gasteiger partial charge in [0.2, 0.25) is 0 Å². The Labute approximate surface area is 90.9 Å². The zero-order valence-electron chi connectivity index (χ0n) is 8.98. The van der Waals surface area contributed by atoms with E-state index in [0.717, 1.165) is 24.9 Å². The summed E-state index contributed by atoms with van der Waals surface area (Å²) in [6.07, 6.45) is 8.90. The van der Waals surface area contributed by atoms with Gasteiger partial charge in [-0.1, -0.05) is 12.8 Å². The molecule has 2 rings (SSSR count). The van der Waals surface area contributed by atoms with Crippen molar-refractivity contribution in [3.05, 3.63) is 24.5 Å². The van der Waals surface area contributed by atoms with Gasteiger partial charge < -0.3 is 10.1 Å². The molecule has 0 saturated heterocycles. The van der Waals surface area contributed by atoms with Gasteiger partial charge in [-0.2, -0.15) is 0 Å². The van der Waals surface area contributed by atoms with E-state index < -0.39 is 0 Å². The van der Waals surface area contributed by atoms with E-state index in [2.05, 4.69) is 10.3 Å². The van der Waals surface area contributed by atoms with Crippen LogP contribution in [0.4, 0.5) is 0 Å². The molecule has 0 radical (unpaired) electrons. The fraction of sp³-hybridized carbons (Fsp3) is 0.583. The molecule has 1 aliphatic rings. The Bertz CT molecular complexity index is 270. The average molecular weight is 206 g/mol. The molecule has 1 N–H and O–H groups in total. The van der Waals surface area contributed by atoms with Crippen LogP contribution in [0, 0.1) is 0 Å². The van der Waals surface area contributed by atoms with Crippen LogP contribution >= 0.6 is 0 Å². The Morgan fingerprint density at radius 2 is 2.27 bits per heavy atom. The second kappa shape index (κ2) is 5.71. The van der Waals surface area contributed by atoms with E-state index in [1.54, 1.807) is 12.4 Å². The number of nitrogens with one attached hydrogen (secondary N) is 1. The standard InChI is InChI=1S/C12H18N2O/c1-2-5-11(4-1)14-8-9-15-12-6-3-7-13-10-12/h3,6-7,10-11,14H,1-2,4-5,8-9H2. The van der Waals surface area contributed by atoms with Crippen molar-refractivity contribution in [3.63, 3.8) is 0 Å². The summed E-state index contributed by atoms with van der Waals surface area (Å²) in [7, 11) is 0. The molecular formula is C12H18N2O. The molecular weight excluding hydrogens is 188 g/mol. The van der Waals surface area contributed by atoms with Crippen LogP contribution in [-0.4, -0.2) is 24.2 Å². The summed E-state index contributed by atoms with van der Waals surface area (Å²) in [4.78, 5) is 4.00. The van der Waals surface area contributed by atoms with Crippen LogP contribution in [0.3, 0.4) is 0 Å². The molecule has 0 amide bonds. The Balaban J connectivity index is 1.59. The van der Waals surface area contributed by atoms with Crippen molar-refractivity contribution in [2.24, 2.45) is 0 Å². The number of ether oxygens (including phenoxy) is 1. The van der Waals surface area contributed by atoms with Crippen molar-refractivity contribution in [1.29, 1.82) is 0 Å². The van der Waals surface area contributed by atoms with Crippen molar-refractivity contribution in [2.45, 2.75) is 31.7 Å². The van der Waals surface area contributed by atoms with Crippen molar-refractivity contribution in [3.8, 4) is 5.75 Å². The maximum atomic E-state index is 5.54. The molecule has 15 heavy (non-hydrogen) atoms. The fourth-order valence-corrected chi connectivity index (χ4v) is 1.99. The highest BCUT2D eigenvalue weighted by atomic mass is 16.5. The second-order valence-electron chi connectivity index (χ2n) is 3.97. The third-order valence-electron chi connectivity index (χ3n) is 2.79. The first-order valence-electron chi connectivity index (χ1n) is 5.71. The van der Waals surface area contributed by atoms with Crippen LogP contribution in [0.25, 0.3) is 0 Å². The number of pyridine rings is 1. The van der Waals surface area contributed by atoms with Crippen LogP contribution < -0.4 is 10.1 Å². The average Bonchev–Trinajstić information content (AvgIpc) is 2.79. The minimum Gasteiger partial charge on any atom is -0.491 e. The molecule has 3 heteroatoms. The van der Waals surface area contributed by atoms with Crippen molar-refractivity contribution >= 4 is 0 Å². The highest BCUT2D eigenvalue weighted by Gasteiger charge is 2.13. The van der Waals surface area contributed by atoms with Crippen LogP contribution in [0.5, 0.6) is 5.75 Å². The lowest BCUT2D eigenvalue weighted by molar-refractivity contribution is 0.304. The van der Waals surface area contributed by atoms with E-state index in [4.69, 9.17) is 4.74 Å². The van der Waals surface area contributed by atoms with Gasteiger partial charge in [-0.25, -0.2) is 0 Å². The van der Waals surface area contributed by atoms with Crippen molar-refractivity contribution in [2.75, 3.05) is 13.2 Å². The normalized spacial score (nSPS) is 16.8. The second-order valence-corrected chi connectivity index (χ2v) is 3.97. The van der Waals surface area contributed by atoms with E-state index in [-0.39, 0.29) is 0 Å². The smallest absolute Gasteiger partial charge is 0.137 e. The number of aromatic nitrogens is 1. The van der Waals surface area contributed by atoms with Gasteiger partial charge in [-0.05, 0) is 25.0 Å². The molecule has 0 atom stereocenters. The minimum atomic E-state index is 0.724. The highest BCUT2D eigenvalue weighted by Crippen LogP contribution is 2.17. The first-order chi connectivity index (χ1) is 7.45. The van der Waals surface area contributed by atoms with E-state index in [0.29, 0.717) is 0 Å². The summed E-state index contributed by atoms with van der Waals surface area (Å²) in [5, 5.41) is 3.51. The molecule has 1 aromatic rings. The van der Waals surface area contributed by atoms with Gasteiger partial charge in [0.25, 0.3) is 0 Å². The summed E-state index contributed by atoms with van der Waals surface area (Å²) in [6, 6.07) is 4.55. The highest BCUT2D eigenvalue weighted by molar-refractivity contribution is 5.15. The van der Waals surface area contributed by atoms with E-state index in [1.807, 2.05) is 12.1 Å². The number of hydrogen-bond donors (Lipinski definition) is 1. The molecule has 1 fully saturated rings. The van der Waals surface area contributed by atoms with Gasteiger partial charge >= 0.3 is 0 Å². The zero-order chi connectivity index (χ0) is 10.3. The van der Waals surface area contributed by atoms with Gasteiger partial charge in [0.1, 0.15) is 12.4 Å². The largest absolute Gasteiger partial charge is 0.491 e. The summed E-state index contributed by atoms with van der Waals surface area (Å²) >= 11 is 0. The summed E-state index contributed by atoms with van der Waals surface area (Å²) in [5.74, 6) is 0.853. The van der Waals surface area contributed by atoms with Gasteiger partial charge in [0, 0.05) is 18.8 Å². The molecule has 82 valence electrons. The Hall–Kier alpha value is -1.09. The maximum absolute atomic E-state index is 5.54. The lowest BCUT2D eigenvalue weighted by Gasteiger charge is -2.12. The van der Waals surface area contributed by atoms with Crippen LogP contribution in [0.15, 0.2) is 24.5 Å². The Kier molecular flexibility index (Phi) is 3.97. The quantitative estimate of drug-likeness (QED) is 0.748. The SMILES string of the molecule is c1cncc(OCCNC2CCCC2)c1. The molecule has 0 unspecified atom stereocenters. The van der Waals surface area contributed by atoms with Gasteiger partial charge in [-0.15, -0.1) is 0 Å². The van der Waals surface area contributed by atoms with E-state index in [1.165, 1.54) is 25.7 Å². The van der Waals surface area contributed by atoms with Gasteiger partial charge in [-0.3, -0.25) is 4.98 Å². The molecule has 0 spiro atoms. The molecule has 1 heterocycles. The predicted molar refractivity (Wildman–Crippen MR) is 60.0 cm³/mol. The number of hydrogen-bond acceptors (Lipinski definition) is 3. The van der Waals surface area contributed by atoms with E-state index in [9.17, 15) is 0 Å². The monoisotopic (exact) mass is 206 g/mol. The molecule has 0 bridgehead atoms. The minimum absolute atomic E-state index is 0.724. The van der Waals surface area contributed by atoms with Crippen LogP contribution in [-0.2, 0) is 0 Å². The van der Waals surface area contributed by atoms with Gasteiger partial charge in [0.15, 0.2) is 0 Å². The fourth-order valence-electron chi connectivity index (χ4n) is 1.99. The number of rotatable bonds is 5. The lowest BCUT2D eigenvalue weighted by Crippen LogP contribution is -2.30. The summed E-state index contributed by atoms with van der Waals surface area (Å²) in [5.41, 5.74) is 0. The summed E-state index contributed by atoms with van der Waals surface area (Å²) in [6.45, 7) is 1.65. The first-order valence-corrected chi connectivity index (χ1v) is 5.71. The van der Waals surface area contributed by atoms with Gasteiger partial charge in [0.05, 0.1) is 6.20 Å².